The highest BCUT2D eigenvalue weighted by Crippen LogP contribution is 2.38. The van der Waals surface area contributed by atoms with Crippen LogP contribution in [-0.2, 0) is 11.2 Å². The van der Waals surface area contributed by atoms with E-state index in [4.69, 9.17) is 0 Å². The Balaban J connectivity index is 1.58. The normalized spacial score (nSPS) is 15.4. The highest BCUT2D eigenvalue weighted by Gasteiger charge is 2.42. The third-order valence-corrected chi connectivity index (χ3v) is 7.29. The molecule has 32 heavy (non-hydrogen) atoms. The van der Waals surface area contributed by atoms with Crippen LogP contribution in [0.5, 0.6) is 0 Å². The number of piperidine rings is 1. The Morgan fingerprint density at radius 1 is 1.09 bits per heavy atom. The van der Waals surface area contributed by atoms with E-state index in [2.05, 4.69) is 28.5 Å². The van der Waals surface area contributed by atoms with Gasteiger partial charge in [0.1, 0.15) is 0 Å². The second-order valence-electron chi connectivity index (χ2n) is 8.42. The van der Waals surface area contributed by atoms with Crippen LogP contribution in [0.15, 0.2) is 60.9 Å². The van der Waals surface area contributed by atoms with Gasteiger partial charge in [-0.25, -0.2) is 0 Å². The van der Waals surface area contributed by atoms with Crippen LogP contribution >= 0.6 is 11.3 Å². The van der Waals surface area contributed by atoms with Crippen LogP contribution in [0.2, 0.25) is 0 Å². The van der Waals surface area contributed by atoms with Crippen molar-refractivity contribution in [2.75, 3.05) is 19.6 Å². The number of nitrogens with one attached hydrogen (secondary N) is 1. The summed E-state index contributed by atoms with van der Waals surface area (Å²) < 4.78 is 0. The summed E-state index contributed by atoms with van der Waals surface area (Å²) >= 11 is 1.53. The molecule has 1 aliphatic rings. The zero-order valence-electron chi connectivity index (χ0n) is 18.6. The smallest absolute Gasteiger partial charge is 0.263 e. The van der Waals surface area contributed by atoms with Gasteiger partial charge in [0.05, 0.1) is 10.3 Å². The molecule has 0 saturated carbocycles. The SMILES string of the molecule is CCNC(=O)C1(Cc2ccccc2-c2cccnc2)CCN(C(=O)c2ccc(C)s2)CC1. The summed E-state index contributed by atoms with van der Waals surface area (Å²) in [5.41, 5.74) is 2.77. The van der Waals surface area contributed by atoms with Gasteiger partial charge in [-0.1, -0.05) is 30.3 Å². The summed E-state index contributed by atoms with van der Waals surface area (Å²) in [7, 11) is 0. The predicted octanol–water partition coefficient (Wildman–Crippen LogP) is 4.72. The Hall–Kier alpha value is -2.99. The van der Waals surface area contributed by atoms with Gasteiger partial charge in [0, 0.05) is 42.5 Å². The maximum absolute atomic E-state index is 13.3. The van der Waals surface area contributed by atoms with Crippen LogP contribution in [0.4, 0.5) is 0 Å². The van der Waals surface area contributed by atoms with Gasteiger partial charge in [-0.05, 0) is 62.4 Å². The van der Waals surface area contributed by atoms with E-state index in [-0.39, 0.29) is 11.8 Å². The molecule has 0 aliphatic carbocycles. The van der Waals surface area contributed by atoms with Crippen LogP contribution in [0.1, 0.15) is 39.9 Å². The molecule has 3 aromatic rings. The molecule has 0 bridgehead atoms. The highest BCUT2D eigenvalue weighted by atomic mass is 32.1. The van der Waals surface area contributed by atoms with Crippen LogP contribution in [0, 0.1) is 12.3 Å². The predicted molar refractivity (Wildman–Crippen MR) is 129 cm³/mol. The van der Waals surface area contributed by atoms with Crippen LogP contribution in [0.3, 0.4) is 0 Å². The maximum Gasteiger partial charge on any atom is 0.263 e. The number of carbonyl (C=O) groups excluding carboxylic acids is 2. The average molecular weight is 448 g/mol. The molecule has 1 fully saturated rings. The third kappa shape index (κ3) is 4.60. The van der Waals surface area contributed by atoms with Crippen molar-refractivity contribution in [3.05, 3.63) is 76.2 Å². The number of nitrogens with zero attached hydrogens (tertiary/aromatic N) is 2. The summed E-state index contributed by atoms with van der Waals surface area (Å²) in [5, 5.41) is 3.06. The molecular formula is C26H29N3O2S. The minimum absolute atomic E-state index is 0.0726. The van der Waals surface area contributed by atoms with Crippen molar-refractivity contribution in [2.45, 2.75) is 33.1 Å². The lowest BCUT2D eigenvalue weighted by Gasteiger charge is -2.41. The second-order valence-corrected chi connectivity index (χ2v) is 9.71. The summed E-state index contributed by atoms with van der Waals surface area (Å²) in [6.07, 6.45) is 5.57. The Morgan fingerprint density at radius 2 is 1.88 bits per heavy atom. The second kappa shape index (κ2) is 9.65. The Kier molecular flexibility index (Phi) is 6.70. The number of thiophene rings is 1. The number of aromatic nitrogens is 1. The van der Waals surface area contributed by atoms with Gasteiger partial charge >= 0.3 is 0 Å². The van der Waals surface area contributed by atoms with Gasteiger partial charge in [0.15, 0.2) is 0 Å². The van der Waals surface area contributed by atoms with Crippen molar-refractivity contribution in [2.24, 2.45) is 5.41 Å². The summed E-state index contributed by atoms with van der Waals surface area (Å²) in [4.78, 5) is 34.3. The fraction of sp³-hybridized carbons (Fsp3) is 0.346. The summed E-state index contributed by atoms with van der Waals surface area (Å²) in [6.45, 7) is 5.73. The molecule has 1 aromatic carbocycles. The van der Waals surface area contributed by atoms with Gasteiger partial charge in [0.2, 0.25) is 5.91 Å². The molecule has 0 radical (unpaired) electrons. The average Bonchev–Trinajstić information content (AvgIpc) is 3.26. The molecule has 2 aromatic heterocycles. The molecule has 3 heterocycles. The van der Waals surface area contributed by atoms with Gasteiger partial charge in [-0.15, -0.1) is 11.3 Å². The van der Waals surface area contributed by atoms with Gasteiger partial charge in [0.25, 0.3) is 5.91 Å². The first-order chi connectivity index (χ1) is 15.5. The molecule has 1 aliphatic heterocycles. The van der Waals surface area contributed by atoms with E-state index in [9.17, 15) is 9.59 Å². The first-order valence-corrected chi connectivity index (χ1v) is 12.0. The first-order valence-electron chi connectivity index (χ1n) is 11.1. The summed E-state index contributed by atoms with van der Waals surface area (Å²) in [6, 6.07) is 16.1. The molecule has 4 rings (SSSR count). The summed E-state index contributed by atoms with van der Waals surface area (Å²) in [5.74, 6) is 0.156. The van der Waals surface area contributed by atoms with Gasteiger partial charge in [-0.3, -0.25) is 14.6 Å². The Bertz CT molecular complexity index is 1090. The first kappa shape index (κ1) is 22.2. The van der Waals surface area contributed by atoms with Crippen molar-refractivity contribution in [1.82, 2.24) is 15.2 Å². The molecule has 1 saturated heterocycles. The van der Waals surface area contributed by atoms with Gasteiger partial charge in [-0.2, -0.15) is 0 Å². The lowest BCUT2D eigenvalue weighted by atomic mass is 9.72. The molecule has 0 unspecified atom stereocenters. The Morgan fingerprint density at radius 3 is 2.53 bits per heavy atom. The molecule has 2 amide bonds. The molecular weight excluding hydrogens is 418 g/mol. The lowest BCUT2D eigenvalue weighted by molar-refractivity contribution is -0.133. The van der Waals surface area contributed by atoms with Crippen LogP contribution in [-0.4, -0.2) is 41.3 Å². The van der Waals surface area contributed by atoms with E-state index < -0.39 is 5.41 Å². The lowest BCUT2D eigenvalue weighted by Crippen LogP contribution is -2.51. The van der Waals surface area contributed by atoms with Crippen LogP contribution in [0.25, 0.3) is 11.1 Å². The number of carbonyl (C=O) groups is 2. The van der Waals surface area contributed by atoms with E-state index in [1.165, 1.54) is 11.3 Å². The number of rotatable bonds is 6. The third-order valence-electron chi connectivity index (χ3n) is 6.30. The zero-order valence-corrected chi connectivity index (χ0v) is 19.5. The number of benzene rings is 1. The number of likely N-dealkylation sites (tertiary alicyclic amines) is 1. The largest absolute Gasteiger partial charge is 0.356 e. The monoisotopic (exact) mass is 447 g/mol. The number of pyridine rings is 1. The molecule has 6 heteroatoms. The van der Waals surface area contributed by atoms with E-state index >= 15 is 0 Å². The van der Waals surface area contributed by atoms with Crippen molar-refractivity contribution < 1.29 is 9.59 Å². The number of hydrogen-bond acceptors (Lipinski definition) is 4. The number of hydrogen-bond donors (Lipinski definition) is 1. The van der Waals surface area contributed by atoms with Crippen molar-refractivity contribution in [3.8, 4) is 11.1 Å². The van der Waals surface area contributed by atoms with E-state index in [0.717, 1.165) is 26.4 Å². The Labute approximate surface area is 193 Å². The molecule has 0 spiro atoms. The fourth-order valence-electron chi connectivity index (χ4n) is 4.52. The highest BCUT2D eigenvalue weighted by molar-refractivity contribution is 7.13. The standard InChI is InChI=1S/C26H29N3O2S/c1-3-28-25(31)26(12-15-29(16-13-26)24(30)23-11-10-19(2)32-23)17-20-7-4-5-9-22(20)21-8-6-14-27-18-21/h4-11,14,18H,3,12-13,15-17H2,1-2H3,(H,28,31). The molecule has 1 N–H and O–H groups in total. The van der Waals surface area contributed by atoms with Crippen LogP contribution < -0.4 is 5.32 Å². The number of aryl methyl sites for hydroxylation is 1. The van der Waals surface area contributed by atoms with E-state index in [1.807, 2.05) is 55.3 Å². The van der Waals surface area contributed by atoms with Gasteiger partial charge < -0.3 is 10.2 Å². The molecule has 5 nitrogen and oxygen atoms in total. The van der Waals surface area contributed by atoms with Crippen molar-refractivity contribution in [3.63, 3.8) is 0 Å². The number of amides is 2. The maximum atomic E-state index is 13.3. The van der Waals surface area contributed by atoms with E-state index in [0.29, 0.717) is 38.9 Å². The zero-order chi connectivity index (χ0) is 22.6. The minimum Gasteiger partial charge on any atom is -0.356 e. The topological polar surface area (TPSA) is 62.3 Å². The fourth-order valence-corrected chi connectivity index (χ4v) is 5.35. The molecule has 0 atom stereocenters. The minimum atomic E-state index is -0.531. The van der Waals surface area contributed by atoms with Crippen molar-refractivity contribution >= 4 is 23.2 Å². The quantitative estimate of drug-likeness (QED) is 0.595. The van der Waals surface area contributed by atoms with Crippen molar-refractivity contribution in [1.29, 1.82) is 0 Å². The van der Waals surface area contributed by atoms with E-state index in [1.54, 1.807) is 6.20 Å². The molecule has 166 valence electrons.